The number of hydrogen-bond donors (Lipinski definition) is 0. The topological polar surface area (TPSA) is 3.24 Å². The fourth-order valence-corrected chi connectivity index (χ4v) is 10.4. The van der Waals surface area contributed by atoms with Crippen molar-refractivity contribution in [2.24, 2.45) is 0 Å². The first-order valence-corrected chi connectivity index (χ1v) is 19.4. The van der Waals surface area contributed by atoms with E-state index < -0.39 is 0 Å². The van der Waals surface area contributed by atoms with Crippen molar-refractivity contribution in [2.45, 2.75) is 57.3 Å². The first kappa shape index (κ1) is 30.6. The number of hydrogen-bond acceptors (Lipinski definition) is 2. The molecule has 0 spiro atoms. The number of fused-ring (bicyclic) bond motifs is 7. The molecule has 10 rings (SSSR count). The van der Waals surface area contributed by atoms with E-state index >= 15 is 0 Å². The number of rotatable bonds is 5. The maximum absolute atomic E-state index is 2.55. The normalized spacial score (nSPS) is 15.3. The van der Waals surface area contributed by atoms with Gasteiger partial charge in [0.2, 0.25) is 0 Å². The van der Waals surface area contributed by atoms with Crippen LogP contribution in [0.5, 0.6) is 0 Å². The van der Waals surface area contributed by atoms with Crippen molar-refractivity contribution in [2.75, 3.05) is 4.90 Å². The summed E-state index contributed by atoms with van der Waals surface area (Å²) in [5.74, 6) is 0.668. The predicted octanol–water partition coefficient (Wildman–Crippen LogP) is 14.7. The van der Waals surface area contributed by atoms with Crippen LogP contribution >= 0.6 is 11.3 Å². The van der Waals surface area contributed by atoms with Crippen molar-refractivity contribution in [1.82, 2.24) is 0 Å². The summed E-state index contributed by atoms with van der Waals surface area (Å²) in [6, 6.07) is 55.2. The van der Waals surface area contributed by atoms with Crippen LogP contribution in [0.4, 0.5) is 17.1 Å². The molecule has 0 N–H and O–H groups in total. The molecule has 2 heteroatoms. The Balaban J connectivity index is 1.22. The molecule has 0 radical (unpaired) electrons. The molecule has 7 aromatic carbocycles. The van der Waals surface area contributed by atoms with Gasteiger partial charge in [0.15, 0.2) is 0 Å². The van der Waals surface area contributed by atoms with Gasteiger partial charge in [-0.1, -0.05) is 142 Å². The molecule has 2 aliphatic carbocycles. The molecular weight excluding hydrogens is 635 g/mol. The minimum atomic E-state index is -0.0405. The van der Waals surface area contributed by atoms with E-state index in [4.69, 9.17) is 0 Å². The largest absolute Gasteiger partial charge is 0.309 e. The summed E-state index contributed by atoms with van der Waals surface area (Å²) in [6.07, 6.45) is 6.66. The summed E-state index contributed by atoms with van der Waals surface area (Å²) in [5.41, 5.74) is 13.0. The Kier molecular flexibility index (Phi) is 7.18. The highest BCUT2D eigenvalue weighted by atomic mass is 32.1. The van der Waals surface area contributed by atoms with Gasteiger partial charge in [-0.2, -0.15) is 0 Å². The van der Waals surface area contributed by atoms with Crippen LogP contribution < -0.4 is 4.90 Å². The molecule has 1 nitrogen and oxygen atoms in total. The molecule has 248 valence electrons. The van der Waals surface area contributed by atoms with Gasteiger partial charge >= 0.3 is 0 Å². The van der Waals surface area contributed by atoms with E-state index in [1.165, 1.54) is 119 Å². The maximum atomic E-state index is 2.55. The van der Waals surface area contributed by atoms with Gasteiger partial charge in [0.1, 0.15) is 0 Å². The van der Waals surface area contributed by atoms with E-state index in [0.717, 1.165) is 0 Å². The summed E-state index contributed by atoms with van der Waals surface area (Å²) < 4.78 is 2.66. The lowest BCUT2D eigenvalue weighted by Crippen LogP contribution is -2.16. The summed E-state index contributed by atoms with van der Waals surface area (Å²) in [6.45, 7) is 4.73. The number of nitrogens with zero attached hydrogens (tertiary/aromatic N) is 1. The molecule has 0 unspecified atom stereocenters. The van der Waals surface area contributed by atoms with E-state index in [0.29, 0.717) is 5.92 Å². The minimum absolute atomic E-state index is 0.0405. The Morgan fingerprint density at radius 2 is 1.24 bits per heavy atom. The van der Waals surface area contributed by atoms with Crippen LogP contribution in [0, 0.1) is 0 Å². The smallest absolute Gasteiger partial charge is 0.0618 e. The van der Waals surface area contributed by atoms with E-state index in [9.17, 15) is 0 Å². The van der Waals surface area contributed by atoms with Gasteiger partial charge in [-0.3, -0.25) is 0 Å². The van der Waals surface area contributed by atoms with Gasteiger partial charge in [0.05, 0.1) is 5.69 Å². The van der Waals surface area contributed by atoms with Gasteiger partial charge in [0, 0.05) is 47.9 Å². The summed E-state index contributed by atoms with van der Waals surface area (Å²) in [4.78, 5) is 2.55. The highest BCUT2D eigenvalue weighted by Crippen LogP contribution is 2.52. The molecule has 51 heavy (non-hydrogen) atoms. The molecule has 0 aliphatic heterocycles. The third-order valence-corrected chi connectivity index (χ3v) is 13.0. The third kappa shape index (κ3) is 4.95. The Bertz CT molecular complexity index is 2600. The zero-order chi connectivity index (χ0) is 34.1. The van der Waals surface area contributed by atoms with Crippen LogP contribution in [-0.4, -0.2) is 0 Å². The lowest BCUT2D eigenvalue weighted by molar-refractivity contribution is 0.443. The molecule has 1 heterocycles. The lowest BCUT2D eigenvalue weighted by atomic mass is 9.82. The molecule has 0 bridgehead atoms. The standard InChI is InChI=1S/C49H41NS/c1-49(2)44-18-10-8-16-40(44)43-31-37(26-29-45(43)49)50(36-24-20-33(21-25-36)32-12-4-3-5-13-32)48-38-15-7-6-14-34(38)22-27-39(48)35-23-28-42-41-17-9-11-19-46(41)51-47(42)30-35/h6-11,14-32H,3-5,12-13H2,1-2H3. The van der Waals surface area contributed by atoms with Crippen LogP contribution in [0.25, 0.3) is 53.2 Å². The Morgan fingerprint density at radius 1 is 0.529 bits per heavy atom. The first-order valence-electron chi connectivity index (χ1n) is 18.6. The second kappa shape index (κ2) is 12.0. The number of anilines is 3. The van der Waals surface area contributed by atoms with Gasteiger partial charge in [-0.15, -0.1) is 11.3 Å². The number of thiophene rings is 1. The van der Waals surface area contributed by atoms with E-state index in [-0.39, 0.29) is 5.41 Å². The molecule has 1 saturated carbocycles. The lowest BCUT2D eigenvalue weighted by Gasteiger charge is -2.31. The highest BCUT2D eigenvalue weighted by molar-refractivity contribution is 7.25. The van der Waals surface area contributed by atoms with Gasteiger partial charge in [-0.25, -0.2) is 0 Å². The molecular formula is C49H41NS. The predicted molar refractivity (Wildman–Crippen MR) is 220 cm³/mol. The van der Waals surface area contributed by atoms with Gasteiger partial charge in [-0.05, 0) is 93.9 Å². The molecule has 0 saturated heterocycles. The van der Waals surface area contributed by atoms with Crippen LogP contribution in [0.2, 0.25) is 0 Å². The van der Waals surface area contributed by atoms with Crippen LogP contribution in [0.1, 0.15) is 68.6 Å². The Labute approximate surface area is 304 Å². The van der Waals surface area contributed by atoms with E-state index in [1.807, 2.05) is 11.3 Å². The average molecular weight is 676 g/mol. The van der Waals surface area contributed by atoms with Crippen LogP contribution in [-0.2, 0) is 5.41 Å². The highest BCUT2D eigenvalue weighted by Gasteiger charge is 2.36. The second-order valence-electron chi connectivity index (χ2n) is 15.2. The number of benzene rings is 7. The Hall–Kier alpha value is -5.18. The zero-order valence-corrected chi connectivity index (χ0v) is 30.1. The summed E-state index contributed by atoms with van der Waals surface area (Å²) in [7, 11) is 0. The quantitative estimate of drug-likeness (QED) is 0.175. The Morgan fingerprint density at radius 3 is 2.10 bits per heavy atom. The van der Waals surface area contributed by atoms with E-state index in [1.54, 1.807) is 0 Å². The molecule has 0 atom stereocenters. The first-order chi connectivity index (χ1) is 25.0. The van der Waals surface area contributed by atoms with Gasteiger partial charge < -0.3 is 4.90 Å². The summed E-state index contributed by atoms with van der Waals surface area (Å²) in [5, 5.41) is 5.17. The van der Waals surface area contributed by atoms with Gasteiger partial charge in [0.25, 0.3) is 0 Å². The minimum Gasteiger partial charge on any atom is -0.309 e. The zero-order valence-electron chi connectivity index (χ0n) is 29.3. The molecule has 0 amide bonds. The van der Waals surface area contributed by atoms with Crippen LogP contribution in [0.3, 0.4) is 0 Å². The molecule has 1 aromatic heterocycles. The molecule has 1 fully saturated rings. The van der Waals surface area contributed by atoms with Crippen molar-refractivity contribution in [3.05, 3.63) is 162 Å². The fourth-order valence-electron chi connectivity index (χ4n) is 9.21. The SMILES string of the molecule is CC1(C)c2ccccc2-c2cc(N(c3ccc(C4CCCCC4)cc3)c3c(-c4ccc5c(c4)sc4ccccc45)ccc4ccccc34)ccc21. The fraction of sp³-hybridized carbons (Fsp3) is 0.184. The molecule has 8 aromatic rings. The van der Waals surface area contributed by atoms with Crippen molar-refractivity contribution in [1.29, 1.82) is 0 Å². The van der Waals surface area contributed by atoms with E-state index in [2.05, 4.69) is 164 Å². The molecule has 2 aliphatic rings. The van der Waals surface area contributed by atoms with Crippen molar-refractivity contribution >= 4 is 59.3 Å². The summed E-state index contributed by atoms with van der Waals surface area (Å²) >= 11 is 1.89. The van der Waals surface area contributed by atoms with Crippen molar-refractivity contribution in [3.63, 3.8) is 0 Å². The maximum Gasteiger partial charge on any atom is 0.0618 e. The third-order valence-electron chi connectivity index (χ3n) is 11.9. The monoisotopic (exact) mass is 675 g/mol. The van der Waals surface area contributed by atoms with Crippen molar-refractivity contribution in [3.8, 4) is 22.3 Å². The second-order valence-corrected chi connectivity index (χ2v) is 16.2. The average Bonchev–Trinajstić information content (AvgIpc) is 3.67. The van der Waals surface area contributed by atoms with Crippen molar-refractivity contribution < 1.29 is 0 Å². The van der Waals surface area contributed by atoms with Crippen LogP contribution in [0.15, 0.2) is 146 Å².